The molecule has 0 saturated heterocycles. The molecule has 0 spiro atoms. The van der Waals surface area contributed by atoms with Gasteiger partial charge in [0.2, 0.25) is 0 Å². The van der Waals surface area contributed by atoms with Crippen LogP contribution in [0.5, 0.6) is 0 Å². The summed E-state index contributed by atoms with van der Waals surface area (Å²) in [6.07, 6.45) is 3.78. The minimum absolute atomic E-state index is 0.0249. The second-order valence-corrected chi connectivity index (χ2v) is 7.46. The average molecular weight is 383 g/mol. The summed E-state index contributed by atoms with van der Waals surface area (Å²) in [7, 11) is 0. The monoisotopic (exact) mass is 382 g/mol. The predicted molar refractivity (Wildman–Crippen MR) is 112 cm³/mol. The fourth-order valence-corrected chi connectivity index (χ4v) is 3.91. The summed E-state index contributed by atoms with van der Waals surface area (Å²) in [5.41, 5.74) is 2.38. The number of rotatable bonds is 9. The lowest BCUT2D eigenvalue weighted by molar-refractivity contribution is 0.698. The molecule has 142 valence electrons. The highest BCUT2D eigenvalue weighted by Crippen LogP contribution is 2.22. The van der Waals surface area contributed by atoms with Crippen molar-refractivity contribution < 1.29 is 0 Å². The molecule has 27 heavy (non-hydrogen) atoms. The Kier molecular flexibility index (Phi) is 6.79. The van der Waals surface area contributed by atoms with Crippen molar-refractivity contribution in [2.45, 2.75) is 33.5 Å². The molecule has 2 heterocycles. The van der Waals surface area contributed by atoms with E-state index in [0.717, 1.165) is 36.9 Å². The number of nitrogens with zero attached hydrogens (tertiary/aromatic N) is 3. The minimum atomic E-state index is 0.0249. The van der Waals surface area contributed by atoms with Crippen LogP contribution in [0.25, 0.3) is 0 Å². The summed E-state index contributed by atoms with van der Waals surface area (Å²) in [4.78, 5) is 19.8. The van der Waals surface area contributed by atoms with Gasteiger partial charge in [-0.1, -0.05) is 30.3 Å². The van der Waals surface area contributed by atoms with E-state index in [1.165, 1.54) is 10.4 Å². The van der Waals surface area contributed by atoms with Gasteiger partial charge < -0.3 is 14.8 Å². The van der Waals surface area contributed by atoms with Crippen LogP contribution in [0.15, 0.2) is 59.7 Å². The highest BCUT2D eigenvalue weighted by atomic mass is 32.1. The first-order chi connectivity index (χ1) is 13.2. The molecule has 0 aliphatic heterocycles. The zero-order valence-corrected chi connectivity index (χ0v) is 16.7. The van der Waals surface area contributed by atoms with Crippen molar-refractivity contribution in [3.8, 4) is 0 Å². The van der Waals surface area contributed by atoms with Crippen molar-refractivity contribution in [3.05, 3.63) is 81.2 Å². The molecule has 1 aromatic carbocycles. The number of thiazole rings is 1. The van der Waals surface area contributed by atoms with Crippen molar-refractivity contribution in [1.82, 2.24) is 14.9 Å². The Morgan fingerprint density at radius 3 is 2.48 bits per heavy atom. The molecule has 0 atom stereocenters. The van der Waals surface area contributed by atoms with E-state index in [9.17, 15) is 4.79 Å². The fraction of sp³-hybridized carbons (Fsp3) is 0.333. The molecular formula is C21H26N4OS. The fourth-order valence-electron chi connectivity index (χ4n) is 2.90. The molecule has 0 fully saturated rings. The largest absolute Gasteiger partial charge is 0.349 e. The topological polar surface area (TPSA) is 50.2 Å². The number of hydrogen-bond donors (Lipinski definition) is 1. The van der Waals surface area contributed by atoms with Crippen LogP contribution in [0.2, 0.25) is 0 Å². The average Bonchev–Trinajstić information content (AvgIpc) is 3.15. The molecule has 0 saturated carbocycles. The summed E-state index contributed by atoms with van der Waals surface area (Å²) >= 11 is 1.75. The van der Waals surface area contributed by atoms with Gasteiger partial charge in [-0.25, -0.2) is 4.98 Å². The summed E-state index contributed by atoms with van der Waals surface area (Å²) in [5.74, 6) is 0. The van der Waals surface area contributed by atoms with E-state index in [4.69, 9.17) is 0 Å². The van der Waals surface area contributed by atoms with Gasteiger partial charge in [-0.2, -0.15) is 0 Å². The van der Waals surface area contributed by atoms with Gasteiger partial charge in [0.25, 0.3) is 5.56 Å². The lowest BCUT2D eigenvalue weighted by atomic mass is 10.1. The SMILES string of the molecule is CCN(CC)c1ncc(CNCc2ccc(Cn3ccccc3=O)cc2)s1. The Morgan fingerprint density at radius 1 is 1.04 bits per heavy atom. The van der Waals surface area contributed by atoms with Crippen molar-refractivity contribution in [2.24, 2.45) is 0 Å². The Bertz CT molecular complexity index is 897. The highest BCUT2D eigenvalue weighted by molar-refractivity contribution is 7.15. The number of pyridine rings is 1. The van der Waals surface area contributed by atoms with E-state index in [1.807, 2.05) is 18.5 Å². The molecule has 0 amide bonds. The van der Waals surface area contributed by atoms with E-state index < -0.39 is 0 Å². The highest BCUT2D eigenvalue weighted by Gasteiger charge is 2.07. The first-order valence-electron chi connectivity index (χ1n) is 9.33. The molecule has 5 nitrogen and oxygen atoms in total. The van der Waals surface area contributed by atoms with E-state index >= 15 is 0 Å². The van der Waals surface area contributed by atoms with Gasteiger partial charge in [0.1, 0.15) is 0 Å². The number of anilines is 1. The Morgan fingerprint density at radius 2 is 1.78 bits per heavy atom. The van der Waals surface area contributed by atoms with Crippen LogP contribution in [0, 0.1) is 0 Å². The van der Waals surface area contributed by atoms with Crippen LogP contribution in [-0.4, -0.2) is 22.6 Å². The lowest BCUT2D eigenvalue weighted by Crippen LogP contribution is -2.21. The van der Waals surface area contributed by atoms with Gasteiger partial charge in [-0.15, -0.1) is 11.3 Å². The summed E-state index contributed by atoms with van der Waals surface area (Å²) < 4.78 is 1.71. The molecule has 2 aromatic heterocycles. The normalized spacial score (nSPS) is 10.9. The second kappa shape index (κ2) is 9.48. The van der Waals surface area contributed by atoms with Crippen LogP contribution in [0.4, 0.5) is 5.13 Å². The summed E-state index contributed by atoms with van der Waals surface area (Å²) in [6.45, 7) is 8.50. The first-order valence-corrected chi connectivity index (χ1v) is 10.1. The van der Waals surface area contributed by atoms with E-state index in [-0.39, 0.29) is 5.56 Å². The number of aromatic nitrogens is 2. The van der Waals surface area contributed by atoms with Crippen LogP contribution >= 0.6 is 11.3 Å². The van der Waals surface area contributed by atoms with Crippen molar-refractivity contribution in [3.63, 3.8) is 0 Å². The molecule has 3 aromatic rings. The molecule has 0 aliphatic carbocycles. The standard InChI is InChI=1S/C21H26N4OS/c1-3-24(4-2)21-23-15-19(27-21)14-22-13-17-8-10-18(11-9-17)16-25-12-6-5-7-20(25)26/h5-12,15,22H,3-4,13-14,16H2,1-2H3. The minimum Gasteiger partial charge on any atom is -0.349 e. The predicted octanol–water partition coefficient (Wildman–Crippen LogP) is 3.49. The summed E-state index contributed by atoms with van der Waals surface area (Å²) in [5, 5.41) is 4.58. The van der Waals surface area contributed by atoms with Gasteiger partial charge in [-0.3, -0.25) is 4.79 Å². The number of hydrogen-bond acceptors (Lipinski definition) is 5. The third-order valence-corrected chi connectivity index (χ3v) is 5.54. The zero-order chi connectivity index (χ0) is 19.1. The molecular weight excluding hydrogens is 356 g/mol. The molecule has 0 radical (unpaired) electrons. The second-order valence-electron chi connectivity index (χ2n) is 6.37. The van der Waals surface area contributed by atoms with E-state index in [0.29, 0.717) is 6.54 Å². The Labute approximate surface area is 164 Å². The third-order valence-electron chi connectivity index (χ3n) is 4.48. The Balaban J connectivity index is 1.50. The molecule has 1 N–H and O–H groups in total. The summed E-state index contributed by atoms with van der Waals surface area (Å²) in [6, 6.07) is 13.6. The quantitative estimate of drug-likeness (QED) is 0.615. The van der Waals surface area contributed by atoms with Gasteiger partial charge in [0, 0.05) is 49.5 Å². The molecule has 0 aliphatic rings. The Hall–Kier alpha value is -2.44. The molecule has 0 unspecified atom stereocenters. The maximum absolute atomic E-state index is 11.8. The molecule has 3 rings (SSSR count). The van der Waals surface area contributed by atoms with Gasteiger partial charge in [0.05, 0.1) is 6.54 Å². The lowest BCUT2D eigenvalue weighted by Gasteiger charge is -2.16. The smallest absolute Gasteiger partial charge is 0.250 e. The van der Waals surface area contributed by atoms with Crippen molar-refractivity contribution >= 4 is 16.5 Å². The van der Waals surface area contributed by atoms with E-state index in [2.05, 4.69) is 53.3 Å². The van der Waals surface area contributed by atoms with Crippen LogP contribution < -0.4 is 15.8 Å². The number of benzene rings is 1. The van der Waals surface area contributed by atoms with Gasteiger partial charge in [-0.05, 0) is 31.0 Å². The maximum atomic E-state index is 11.8. The van der Waals surface area contributed by atoms with Crippen molar-refractivity contribution in [2.75, 3.05) is 18.0 Å². The van der Waals surface area contributed by atoms with Crippen molar-refractivity contribution in [1.29, 1.82) is 0 Å². The maximum Gasteiger partial charge on any atom is 0.250 e. The third kappa shape index (κ3) is 5.28. The number of nitrogens with one attached hydrogen (secondary N) is 1. The van der Waals surface area contributed by atoms with E-state index in [1.54, 1.807) is 28.0 Å². The van der Waals surface area contributed by atoms with Gasteiger partial charge >= 0.3 is 0 Å². The van der Waals surface area contributed by atoms with Crippen LogP contribution in [-0.2, 0) is 19.6 Å². The van der Waals surface area contributed by atoms with Gasteiger partial charge in [0.15, 0.2) is 5.13 Å². The first kappa shape index (κ1) is 19.3. The molecule has 0 bridgehead atoms. The van der Waals surface area contributed by atoms with Crippen LogP contribution in [0.3, 0.4) is 0 Å². The zero-order valence-electron chi connectivity index (χ0n) is 15.9. The van der Waals surface area contributed by atoms with Crippen LogP contribution in [0.1, 0.15) is 29.9 Å². The molecule has 6 heteroatoms.